The van der Waals surface area contributed by atoms with Crippen molar-refractivity contribution in [1.29, 1.82) is 0 Å². The summed E-state index contributed by atoms with van der Waals surface area (Å²) in [6.45, 7) is 0.815. The van der Waals surface area contributed by atoms with Crippen molar-refractivity contribution in [3.8, 4) is 0 Å². The quantitative estimate of drug-likeness (QED) is 0.414. The van der Waals surface area contributed by atoms with Crippen LogP contribution < -0.4 is 11.1 Å². The van der Waals surface area contributed by atoms with E-state index in [2.05, 4.69) is 37.7 Å². The van der Waals surface area contributed by atoms with Gasteiger partial charge in [-0.1, -0.05) is 42.0 Å². The number of anilines is 1. The first-order valence-electron chi connectivity index (χ1n) is 9.68. The molecule has 0 bridgehead atoms. The first-order chi connectivity index (χ1) is 13.7. The fourth-order valence-electron chi connectivity index (χ4n) is 3.03. The van der Waals surface area contributed by atoms with E-state index in [1.165, 1.54) is 5.56 Å². The zero-order valence-corrected chi connectivity index (χ0v) is 17.2. The molecule has 9 heteroatoms. The molecule has 0 atom stereocenters. The van der Waals surface area contributed by atoms with Gasteiger partial charge in [0, 0.05) is 18.4 Å². The van der Waals surface area contributed by atoms with Gasteiger partial charge in [0.1, 0.15) is 6.54 Å². The molecule has 0 aliphatic rings. The number of aromatic amines is 1. The lowest BCUT2D eigenvalue weighted by Crippen LogP contribution is -2.29. The number of unbranched alkanes of at least 4 members (excludes halogenated alkanes) is 2. The SMILES string of the molecule is Cl.Nc1ncc(CCCCCc2cn(CC(=O)NCCc3ccccc3)nn2)[nH]1. The Morgan fingerprint density at radius 1 is 1.10 bits per heavy atom. The number of halogens is 1. The average molecular weight is 418 g/mol. The number of H-pyrrole nitrogens is 1. The van der Waals surface area contributed by atoms with Crippen molar-refractivity contribution in [3.05, 3.63) is 59.7 Å². The number of nitrogen functional groups attached to an aromatic ring is 1. The van der Waals surface area contributed by atoms with E-state index in [4.69, 9.17) is 5.73 Å². The number of nitrogens with one attached hydrogen (secondary N) is 2. The summed E-state index contributed by atoms with van der Waals surface area (Å²) in [6, 6.07) is 10.1. The van der Waals surface area contributed by atoms with Crippen LogP contribution in [0.3, 0.4) is 0 Å². The topological polar surface area (TPSA) is 115 Å². The highest BCUT2D eigenvalue weighted by Crippen LogP contribution is 2.08. The molecule has 0 saturated heterocycles. The first kappa shape index (κ1) is 22.4. The average Bonchev–Trinajstić information content (AvgIpc) is 3.31. The Labute approximate surface area is 176 Å². The number of nitrogens with two attached hydrogens (primary N) is 1. The molecule has 0 aliphatic heterocycles. The fourth-order valence-corrected chi connectivity index (χ4v) is 3.03. The van der Waals surface area contributed by atoms with Gasteiger partial charge >= 0.3 is 0 Å². The third-order valence-corrected chi connectivity index (χ3v) is 4.50. The van der Waals surface area contributed by atoms with E-state index >= 15 is 0 Å². The Morgan fingerprint density at radius 3 is 2.66 bits per heavy atom. The molecule has 1 amide bonds. The van der Waals surface area contributed by atoms with Crippen LogP contribution in [0.4, 0.5) is 5.95 Å². The smallest absolute Gasteiger partial charge is 0.241 e. The van der Waals surface area contributed by atoms with Gasteiger partial charge in [-0.25, -0.2) is 9.67 Å². The van der Waals surface area contributed by atoms with Crippen LogP contribution in [-0.4, -0.2) is 37.4 Å². The minimum atomic E-state index is -0.0498. The molecular weight excluding hydrogens is 390 g/mol. The molecule has 3 rings (SSSR count). The lowest BCUT2D eigenvalue weighted by atomic mass is 10.1. The maximum Gasteiger partial charge on any atom is 0.241 e. The summed E-state index contributed by atoms with van der Waals surface area (Å²) in [4.78, 5) is 19.1. The van der Waals surface area contributed by atoms with Gasteiger partial charge in [0.15, 0.2) is 5.95 Å². The number of imidazole rings is 1. The first-order valence-corrected chi connectivity index (χ1v) is 9.68. The van der Waals surface area contributed by atoms with Gasteiger partial charge in [-0.05, 0) is 37.7 Å². The summed E-state index contributed by atoms with van der Waals surface area (Å²) in [5.41, 5.74) is 8.76. The van der Waals surface area contributed by atoms with Gasteiger partial charge in [0.2, 0.25) is 5.91 Å². The maximum absolute atomic E-state index is 12.0. The number of aryl methyl sites for hydroxylation is 2. The molecule has 8 nitrogen and oxygen atoms in total. The molecule has 0 radical (unpaired) electrons. The zero-order valence-electron chi connectivity index (χ0n) is 16.4. The van der Waals surface area contributed by atoms with Crippen LogP contribution >= 0.6 is 12.4 Å². The molecule has 0 aliphatic carbocycles. The Kier molecular flexibility index (Phi) is 9.17. The van der Waals surface area contributed by atoms with Crippen molar-refractivity contribution in [3.63, 3.8) is 0 Å². The van der Waals surface area contributed by atoms with E-state index in [0.717, 1.165) is 49.9 Å². The summed E-state index contributed by atoms with van der Waals surface area (Å²) in [5, 5.41) is 11.1. The van der Waals surface area contributed by atoms with E-state index < -0.39 is 0 Å². The van der Waals surface area contributed by atoms with Gasteiger partial charge < -0.3 is 16.0 Å². The number of benzene rings is 1. The molecule has 4 N–H and O–H groups in total. The molecule has 0 saturated carbocycles. The van der Waals surface area contributed by atoms with E-state index in [0.29, 0.717) is 12.5 Å². The highest BCUT2D eigenvalue weighted by molar-refractivity contribution is 5.85. The van der Waals surface area contributed by atoms with Crippen molar-refractivity contribution in [2.24, 2.45) is 0 Å². The number of aromatic nitrogens is 5. The standard InChI is InChI=1S/C20H27N7O.ClH/c21-20-23-13-17(24-20)9-5-2-6-10-18-14-27(26-25-18)15-19(28)22-12-11-16-7-3-1-4-8-16;/h1,3-4,7-8,13-14H,2,5-6,9-12,15H2,(H,22,28)(H3,21,23,24);1H. The predicted octanol–water partition coefficient (Wildman–Crippen LogP) is 2.32. The van der Waals surface area contributed by atoms with Gasteiger partial charge in [-0.15, -0.1) is 17.5 Å². The Balaban J connectivity index is 0.00000300. The second-order valence-electron chi connectivity index (χ2n) is 6.85. The molecule has 0 fully saturated rings. The predicted molar refractivity (Wildman–Crippen MR) is 115 cm³/mol. The zero-order chi connectivity index (χ0) is 19.6. The van der Waals surface area contributed by atoms with Gasteiger partial charge in [0.05, 0.1) is 11.9 Å². The lowest BCUT2D eigenvalue weighted by molar-refractivity contribution is -0.121. The van der Waals surface area contributed by atoms with Crippen molar-refractivity contribution in [1.82, 2.24) is 30.3 Å². The Bertz CT molecular complexity index is 863. The number of hydrogen-bond acceptors (Lipinski definition) is 5. The third-order valence-electron chi connectivity index (χ3n) is 4.50. The molecule has 2 heterocycles. The van der Waals surface area contributed by atoms with E-state index in [1.807, 2.05) is 24.4 Å². The maximum atomic E-state index is 12.0. The van der Waals surface area contributed by atoms with Crippen LogP contribution in [0.25, 0.3) is 0 Å². The number of carbonyl (C=O) groups is 1. The van der Waals surface area contributed by atoms with Gasteiger partial charge in [0.25, 0.3) is 0 Å². The molecular formula is C20H28ClN7O. The van der Waals surface area contributed by atoms with Gasteiger partial charge in [-0.3, -0.25) is 4.79 Å². The van der Waals surface area contributed by atoms with Crippen molar-refractivity contribution in [2.45, 2.75) is 45.1 Å². The van der Waals surface area contributed by atoms with Crippen molar-refractivity contribution >= 4 is 24.3 Å². The van der Waals surface area contributed by atoms with Gasteiger partial charge in [-0.2, -0.15) is 0 Å². The summed E-state index contributed by atoms with van der Waals surface area (Å²) >= 11 is 0. The van der Waals surface area contributed by atoms with Crippen LogP contribution in [-0.2, 0) is 30.6 Å². The summed E-state index contributed by atoms with van der Waals surface area (Å²) in [7, 11) is 0. The molecule has 1 aromatic carbocycles. The van der Waals surface area contributed by atoms with Crippen molar-refractivity contribution < 1.29 is 4.79 Å². The number of carbonyl (C=O) groups excluding carboxylic acids is 1. The minimum Gasteiger partial charge on any atom is -0.369 e. The van der Waals surface area contributed by atoms with E-state index in [1.54, 1.807) is 10.9 Å². The fraction of sp³-hybridized carbons (Fsp3) is 0.400. The van der Waals surface area contributed by atoms with Crippen LogP contribution in [0.15, 0.2) is 42.7 Å². The normalized spacial score (nSPS) is 10.5. The molecule has 3 aromatic rings. The number of rotatable bonds is 11. The molecule has 2 aromatic heterocycles. The second-order valence-corrected chi connectivity index (χ2v) is 6.85. The monoisotopic (exact) mass is 417 g/mol. The second kappa shape index (κ2) is 11.9. The third kappa shape index (κ3) is 7.95. The highest BCUT2D eigenvalue weighted by atomic mass is 35.5. The van der Waals surface area contributed by atoms with Crippen LogP contribution in [0.1, 0.15) is 36.2 Å². The molecule has 0 unspecified atom stereocenters. The summed E-state index contributed by atoms with van der Waals surface area (Å²) < 4.78 is 1.60. The molecule has 156 valence electrons. The summed E-state index contributed by atoms with van der Waals surface area (Å²) in [5.74, 6) is 0.418. The largest absolute Gasteiger partial charge is 0.369 e. The highest BCUT2D eigenvalue weighted by Gasteiger charge is 2.06. The van der Waals surface area contributed by atoms with Crippen LogP contribution in [0.2, 0.25) is 0 Å². The Morgan fingerprint density at radius 2 is 1.90 bits per heavy atom. The lowest BCUT2D eigenvalue weighted by Gasteiger charge is -2.05. The molecule has 29 heavy (non-hydrogen) atoms. The van der Waals surface area contributed by atoms with Crippen LogP contribution in [0, 0.1) is 0 Å². The van der Waals surface area contributed by atoms with E-state index in [9.17, 15) is 4.79 Å². The van der Waals surface area contributed by atoms with Crippen molar-refractivity contribution in [2.75, 3.05) is 12.3 Å². The minimum absolute atomic E-state index is 0. The summed E-state index contributed by atoms with van der Waals surface area (Å²) in [6.07, 6.45) is 9.45. The van der Waals surface area contributed by atoms with Crippen LogP contribution in [0.5, 0.6) is 0 Å². The Hall–Kier alpha value is -2.87. The van der Waals surface area contributed by atoms with E-state index in [-0.39, 0.29) is 24.9 Å². The number of nitrogens with zero attached hydrogens (tertiary/aromatic N) is 4. The number of amides is 1. The number of hydrogen-bond donors (Lipinski definition) is 3. The molecule has 0 spiro atoms.